The Labute approximate surface area is 244 Å². The zero-order valence-electron chi connectivity index (χ0n) is 21.8. The van der Waals surface area contributed by atoms with Gasteiger partial charge in [0.05, 0.1) is 23.4 Å². The van der Waals surface area contributed by atoms with Gasteiger partial charge in [0.15, 0.2) is 16.7 Å². The number of ether oxygens (including phenoxy) is 2. The topological polar surface area (TPSA) is 89.5 Å². The first kappa shape index (κ1) is 27.6. The minimum Gasteiger partial charge on any atom is -0.493 e. The molecule has 1 saturated heterocycles. The Kier molecular flexibility index (Phi) is 7.80. The van der Waals surface area contributed by atoms with Crippen molar-refractivity contribution in [3.05, 3.63) is 109 Å². The lowest BCUT2D eigenvalue weighted by Crippen LogP contribution is -2.33. The number of amidine groups is 1. The highest BCUT2D eigenvalue weighted by Crippen LogP contribution is 2.37. The summed E-state index contributed by atoms with van der Waals surface area (Å²) in [5.41, 5.74) is 2.45. The second kappa shape index (κ2) is 11.3. The van der Waals surface area contributed by atoms with Crippen molar-refractivity contribution in [1.82, 2.24) is 9.36 Å². The summed E-state index contributed by atoms with van der Waals surface area (Å²) in [5.74, 6) is 0.515. The molecule has 40 heavy (non-hydrogen) atoms. The highest BCUT2D eigenvalue weighted by atomic mass is 35.5. The van der Waals surface area contributed by atoms with Crippen molar-refractivity contribution in [2.24, 2.45) is 7.05 Å². The zero-order valence-corrected chi connectivity index (χ0v) is 24.1. The van der Waals surface area contributed by atoms with Gasteiger partial charge in [0.25, 0.3) is 11.5 Å². The highest BCUT2D eigenvalue weighted by molar-refractivity contribution is 8.19. The molecule has 1 aliphatic heterocycles. The number of para-hydroxylation sites is 1. The van der Waals surface area contributed by atoms with Crippen LogP contribution in [-0.2, 0) is 18.4 Å². The summed E-state index contributed by atoms with van der Waals surface area (Å²) in [6, 6.07) is 19.6. The maximum Gasteiger partial charge on any atom is 0.296 e. The van der Waals surface area contributed by atoms with E-state index >= 15 is 0 Å². The SMILES string of the molecule is COc1cc(/C=C2\SC(=N)N(c3c(C)n(C)n(-c4ccccc4)c3=O)C2=O)ccc1OCc1ccc(Cl)cc1Cl. The number of carbonyl (C=O) groups is 1. The fourth-order valence-electron chi connectivity index (χ4n) is 4.34. The van der Waals surface area contributed by atoms with Crippen molar-refractivity contribution in [3.63, 3.8) is 0 Å². The van der Waals surface area contributed by atoms with Crippen LogP contribution in [0.25, 0.3) is 11.8 Å². The van der Waals surface area contributed by atoms with Crippen LogP contribution in [0.2, 0.25) is 10.0 Å². The van der Waals surface area contributed by atoms with E-state index in [1.807, 2.05) is 30.3 Å². The monoisotopic (exact) mass is 594 g/mol. The number of carbonyl (C=O) groups excluding carboxylic acids is 1. The fourth-order valence-corrected chi connectivity index (χ4v) is 5.65. The van der Waals surface area contributed by atoms with Gasteiger partial charge in [0.2, 0.25) is 0 Å². The van der Waals surface area contributed by atoms with Gasteiger partial charge in [-0.2, -0.15) is 0 Å². The van der Waals surface area contributed by atoms with Crippen molar-refractivity contribution >= 4 is 57.8 Å². The summed E-state index contributed by atoms with van der Waals surface area (Å²) in [4.78, 5) is 28.4. The standard InChI is InChI=1S/C29H24Cl2N4O4S/c1-17-26(28(37)35(33(17)2)21-7-5-4-6-8-21)34-27(36)25(40-29(34)32)14-18-9-12-23(24(13-18)38-3)39-16-19-10-11-20(30)15-22(19)31/h4-15,32H,16H2,1-3H3/b25-14-,32-29?. The third-order valence-corrected chi connectivity index (χ3v) is 7.93. The van der Waals surface area contributed by atoms with E-state index in [1.165, 1.54) is 11.8 Å². The first-order chi connectivity index (χ1) is 19.2. The molecule has 1 aromatic heterocycles. The van der Waals surface area contributed by atoms with Crippen LogP contribution >= 0.6 is 35.0 Å². The second-order valence-corrected chi connectivity index (χ2v) is 10.8. The van der Waals surface area contributed by atoms with Crippen molar-refractivity contribution in [2.75, 3.05) is 12.0 Å². The summed E-state index contributed by atoms with van der Waals surface area (Å²) < 4.78 is 14.6. The number of hydrogen-bond donors (Lipinski definition) is 1. The molecular formula is C29H24Cl2N4O4S. The number of nitrogens with zero attached hydrogens (tertiary/aromatic N) is 3. The largest absolute Gasteiger partial charge is 0.493 e. The Morgan fingerprint density at radius 1 is 1.00 bits per heavy atom. The number of benzene rings is 3. The number of thioether (sulfide) groups is 1. The smallest absolute Gasteiger partial charge is 0.296 e. The van der Waals surface area contributed by atoms with Gasteiger partial charge in [-0.15, -0.1) is 0 Å². The van der Waals surface area contributed by atoms with E-state index in [0.29, 0.717) is 43.4 Å². The van der Waals surface area contributed by atoms with Gasteiger partial charge in [-0.25, -0.2) is 9.58 Å². The Hall–Kier alpha value is -3.92. The van der Waals surface area contributed by atoms with Crippen LogP contribution in [0, 0.1) is 12.3 Å². The van der Waals surface area contributed by atoms with Gasteiger partial charge in [-0.1, -0.05) is 53.5 Å². The zero-order chi connectivity index (χ0) is 28.6. The van der Waals surface area contributed by atoms with E-state index in [1.54, 1.807) is 61.1 Å². The highest BCUT2D eigenvalue weighted by Gasteiger charge is 2.38. The molecule has 2 heterocycles. The van der Waals surface area contributed by atoms with Gasteiger partial charge in [-0.05, 0) is 66.7 Å². The van der Waals surface area contributed by atoms with E-state index in [0.717, 1.165) is 22.2 Å². The Balaban J connectivity index is 1.41. The first-order valence-electron chi connectivity index (χ1n) is 12.1. The molecule has 3 aromatic carbocycles. The molecule has 4 aromatic rings. The molecule has 0 unspecified atom stereocenters. The summed E-state index contributed by atoms with van der Waals surface area (Å²) >= 11 is 13.2. The predicted octanol–water partition coefficient (Wildman–Crippen LogP) is 6.43. The van der Waals surface area contributed by atoms with Gasteiger partial charge < -0.3 is 9.47 Å². The van der Waals surface area contributed by atoms with Crippen LogP contribution < -0.4 is 19.9 Å². The molecule has 0 spiro atoms. The van der Waals surface area contributed by atoms with E-state index in [9.17, 15) is 9.59 Å². The van der Waals surface area contributed by atoms with E-state index < -0.39 is 5.91 Å². The van der Waals surface area contributed by atoms with Crippen molar-refractivity contribution in [3.8, 4) is 17.2 Å². The molecule has 204 valence electrons. The summed E-state index contributed by atoms with van der Waals surface area (Å²) in [6.45, 7) is 1.97. The number of methoxy groups -OCH3 is 1. The van der Waals surface area contributed by atoms with Crippen LogP contribution in [0.3, 0.4) is 0 Å². The Morgan fingerprint density at radius 3 is 2.45 bits per heavy atom. The van der Waals surface area contributed by atoms with Crippen LogP contribution in [-0.4, -0.2) is 27.5 Å². The Morgan fingerprint density at radius 2 is 1.75 bits per heavy atom. The molecule has 1 amide bonds. The average molecular weight is 596 g/mol. The number of anilines is 1. The van der Waals surface area contributed by atoms with Crippen molar-refractivity contribution in [1.29, 1.82) is 5.41 Å². The van der Waals surface area contributed by atoms with Crippen molar-refractivity contribution in [2.45, 2.75) is 13.5 Å². The third kappa shape index (κ3) is 5.15. The molecule has 0 radical (unpaired) electrons. The number of hydrogen-bond acceptors (Lipinski definition) is 6. The fraction of sp³-hybridized carbons (Fsp3) is 0.138. The maximum absolute atomic E-state index is 13.5. The van der Waals surface area contributed by atoms with Crippen LogP contribution in [0.4, 0.5) is 5.69 Å². The number of rotatable bonds is 7. The Bertz CT molecular complexity index is 1730. The molecule has 0 aliphatic carbocycles. The molecule has 0 bridgehead atoms. The second-order valence-electron chi connectivity index (χ2n) is 8.90. The molecule has 8 nitrogen and oxygen atoms in total. The van der Waals surface area contributed by atoms with Crippen LogP contribution in [0.1, 0.15) is 16.8 Å². The molecule has 1 N–H and O–H groups in total. The molecule has 5 rings (SSSR count). The van der Waals surface area contributed by atoms with Gasteiger partial charge >= 0.3 is 0 Å². The minimum atomic E-state index is -0.447. The van der Waals surface area contributed by atoms with Crippen molar-refractivity contribution < 1.29 is 14.3 Å². The predicted molar refractivity (Wildman–Crippen MR) is 160 cm³/mol. The molecule has 11 heteroatoms. The number of amides is 1. The number of nitrogens with one attached hydrogen (secondary N) is 1. The van der Waals surface area contributed by atoms with E-state index in [-0.39, 0.29) is 23.0 Å². The molecule has 0 atom stereocenters. The quantitative estimate of drug-likeness (QED) is 0.249. The lowest BCUT2D eigenvalue weighted by molar-refractivity contribution is -0.113. The van der Waals surface area contributed by atoms with E-state index in [2.05, 4.69) is 0 Å². The van der Waals surface area contributed by atoms with E-state index in [4.69, 9.17) is 38.1 Å². The van der Waals surface area contributed by atoms with Gasteiger partial charge in [0, 0.05) is 22.7 Å². The summed E-state index contributed by atoms with van der Waals surface area (Å²) in [7, 11) is 3.27. The normalized spacial score (nSPS) is 14.3. The maximum atomic E-state index is 13.5. The van der Waals surface area contributed by atoms with Gasteiger partial charge in [0.1, 0.15) is 12.3 Å². The third-order valence-electron chi connectivity index (χ3n) is 6.45. The first-order valence-corrected chi connectivity index (χ1v) is 13.7. The van der Waals surface area contributed by atoms with Crippen LogP contribution in [0.5, 0.6) is 11.5 Å². The summed E-state index contributed by atoms with van der Waals surface area (Å²) in [6.07, 6.45) is 1.66. The number of halogens is 2. The molecule has 0 saturated carbocycles. The van der Waals surface area contributed by atoms with Crippen LogP contribution in [0.15, 0.2) is 76.4 Å². The lowest BCUT2D eigenvalue weighted by Gasteiger charge is -2.13. The number of aromatic nitrogens is 2. The minimum absolute atomic E-state index is 0.0472. The lowest BCUT2D eigenvalue weighted by atomic mass is 10.1. The molecule has 1 fully saturated rings. The average Bonchev–Trinajstić information content (AvgIpc) is 3.33. The molecule has 1 aliphatic rings. The molecular weight excluding hydrogens is 571 g/mol. The summed E-state index contributed by atoms with van der Waals surface area (Å²) in [5, 5.41) is 9.53. The van der Waals surface area contributed by atoms with Gasteiger partial charge in [-0.3, -0.25) is 19.7 Å².